The van der Waals surface area contributed by atoms with Crippen LogP contribution < -0.4 is 5.32 Å². The summed E-state index contributed by atoms with van der Waals surface area (Å²) >= 11 is 0. The fourth-order valence-electron chi connectivity index (χ4n) is 3.57. The van der Waals surface area contributed by atoms with Crippen LogP contribution in [0.1, 0.15) is 22.7 Å². The zero-order chi connectivity index (χ0) is 21.5. The van der Waals surface area contributed by atoms with E-state index in [0.717, 1.165) is 22.4 Å². The van der Waals surface area contributed by atoms with E-state index in [1.807, 2.05) is 84.7 Å². The number of likely N-dealkylation sites (N-methyl/N-ethyl adjacent to an activating group) is 1. The molecule has 0 atom stereocenters. The van der Waals surface area contributed by atoms with E-state index in [2.05, 4.69) is 34.7 Å². The van der Waals surface area contributed by atoms with Gasteiger partial charge in [-0.05, 0) is 23.3 Å². The van der Waals surface area contributed by atoms with Crippen LogP contribution in [0.4, 0.5) is 0 Å². The van der Waals surface area contributed by atoms with Gasteiger partial charge in [0.2, 0.25) is 5.91 Å². The molecule has 0 unspecified atom stereocenters. The Bertz CT molecular complexity index is 1050. The fraction of sp³-hybridized carbons (Fsp3) is 0.154. The van der Waals surface area contributed by atoms with Gasteiger partial charge in [-0.1, -0.05) is 78.9 Å². The number of carbonyl (C=O) groups is 1. The van der Waals surface area contributed by atoms with Crippen LogP contribution in [0.2, 0.25) is 0 Å². The lowest BCUT2D eigenvalue weighted by Gasteiger charge is -2.22. The van der Waals surface area contributed by atoms with Crippen molar-refractivity contribution in [2.45, 2.75) is 12.6 Å². The van der Waals surface area contributed by atoms with E-state index in [1.165, 1.54) is 0 Å². The zero-order valence-corrected chi connectivity index (χ0v) is 17.6. The molecule has 0 bridgehead atoms. The standard InChI is InChI=1S/C26H26N4O/c1-29(19-21-17-28-30(20-21)24-15-9-4-10-16-24)25(31)18-27-26(22-11-5-2-6-12-22)23-13-7-3-8-14-23/h2-17,20,26-27H,18-19H2,1H3. The molecule has 0 spiro atoms. The summed E-state index contributed by atoms with van der Waals surface area (Å²) in [5.74, 6) is 0.0318. The van der Waals surface area contributed by atoms with Crippen molar-refractivity contribution in [3.63, 3.8) is 0 Å². The summed E-state index contributed by atoms with van der Waals surface area (Å²) in [6.07, 6.45) is 3.77. The van der Waals surface area contributed by atoms with Gasteiger partial charge < -0.3 is 4.90 Å². The Morgan fingerprint density at radius 1 is 0.903 bits per heavy atom. The summed E-state index contributed by atoms with van der Waals surface area (Å²) in [6.45, 7) is 0.756. The van der Waals surface area contributed by atoms with E-state index in [9.17, 15) is 4.79 Å². The number of hydrogen-bond donors (Lipinski definition) is 1. The molecule has 0 radical (unpaired) electrons. The van der Waals surface area contributed by atoms with Gasteiger partial charge in [0.25, 0.3) is 0 Å². The smallest absolute Gasteiger partial charge is 0.236 e. The summed E-state index contributed by atoms with van der Waals surface area (Å²) in [6, 6.07) is 30.3. The van der Waals surface area contributed by atoms with Crippen LogP contribution in [0.3, 0.4) is 0 Å². The number of aromatic nitrogens is 2. The lowest BCUT2D eigenvalue weighted by atomic mass is 9.99. The van der Waals surface area contributed by atoms with Gasteiger partial charge in [0.05, 0.1) is 24.5 Å². The zero-order valence-electron chi connectivity index (χ0n) is 17.6. The molecule has 1 amide bonds. The Morgan fingerprint density at radius 3 is 2.03 bits per heavy atom. The molecule has 0 saturated heterocycles. The van der Waals surface area contributed by atoms with E-state index >= 15 is 0 Å². The molecule has 0 aliphatic heterocycles. The Labute approximate surface area is 183 Å². The predicted octanol–water partition coefficient (Wildman–Crippen LogP) is 4.21. The molecule has 1 aromatic heterocycles. The number of para-hydroxylation sites is 1. The van der Waals surface area contributed by atoms with Crippen molar-refractivity contribution < 1.29 is 4.79 Å². The highest BCUT2D eigenvalue weighted by Gasteiger charge is 2.17. The molecular weight excluding hydrogens is 384 g/mol. The largest absolute Gasteiger partial charge is 0.340 e. The van der Waals surface area contributed by atoms with Crippen molar-refractivity contribution in [1.82, 2.24) is 20.0 Å². The highest BCUT2D eigenvalue weighted by molar-refractivity contribution is 5.78. The maximum atomic E-state index is 12.8. The second kappa shape index (κ2) is 9.87. The summed E-state index contributed by atoms with van der Waals surface area (Å²) in [5.41, 5.74) is 4.25. The van der Waals surface area contributed by atoms with Crippen molar-refractivity contribution in [1.29, 1.82) is 0 Å². The van der Waals surface area contributed by atoms with E-state index < -0.39 is 0 Å². The van der Waals surface area contributed by atoms with Gasteiger partial charge in [0.15, 0.2) is 0 Å². The highest BCUT2D eigenvalue weighted by Crippen LogP contribution is 2.21. The molecule has 0 aliphatic rings. The third-order valence-corrected chi connectivity index (χ3v) is 5.23. The number of benzene rings is 3. The molecule has 0 aliphatic carbocycles. The van der Waals surface area contributed by atoms with Gasteiger partial charge >= 0.3 is 0 Å². The molecule has 0 fully saturated rings. The van der Waals surface area contributed by atoms with E-state index in [-0.39, 0.29) is 18.5 Å². The first-order valence-corrected chi connectivity index (χ1v) is 10.4. The first-order valence-electron chi connectivity index (χ1n) is 10.4. The molecule has 4 aromatic rings. The minimum Gasteiger partial charge on any atom is -0.340 e. The monoisotopic (exact) mass is 410 g/mol. The van der Waals surface area contributed by atoms with E-state index in [1.54, 1.807) is 11.1 Å². The molecule has 4 rings (SSSR count). The Morgan fingerprint density at radius 2 is 1.45 bits per heavy atom. The van der Waals surface area contributed by atoms with Crippen molar-refractivity contribution in [3.05, 3.63) is 120 Å². The molecule has 0 saturated carbocycles. The van der Waals surface area contributed by atoms with E-state index in [0.29, 0.717) is 6.54 Å². The first-order chi connectivity index (χ1) is 15.2. The third-order valence-electron chi connectivity index (χ3n) is 5.23. The molecular formula is C26H26N4O. The second-order valence-corrected chi connectivity index (χ2v) is 7.51. The normalized spacial score (nSPS) is 10.9. The minimum atomic E-state index is -0.0411. The molecule has 3 aromatic carbocycles. The van der Waals surface area contributed by atoms with Crippen LogP contribution in [0.15, 0.2) is 103 Å². The fourth-order valence-corrected chi connectivity index (χ4v) is 3.57. The van der Waals surface area contributed by atoms with E-state index in [4.69, 9.17) is 0 Å². The van der Waals surface area contributed by atoms with Crippen LogP contribution >= 0.6 is 0 Å². The van der Waals surface area contributed by atoms with Crippen LogP contribution in [0.5, 0.6) is 0 Å². The second-order valence-electron chi connectivity index (χ2n) is 7.51. The van der Waals surface area contributed by atoms with Crippen molar-refractivity contribution in [3.8, 4) is 5.69 Å². The van der Waals surface area contributed by atoms with Crippen molar-refractivity contribution in [2.24, 2.45) is 0 Å². The maximum absolute atomic E-state index is 12.8. The number of carbonyl (C=O) groups excluding carboxylic acids is 1. The SMILES string of the molecule is CN(Cc1cnn(-c2ccccc2)c1)C(=O)CNC(c1ccccc1)c1ccccc1. The number of nitrogens with one attached hydrogen (secondary N) is 1. The summed E-state index contributed by atoms with van der Waals surface area (Å²) in [4.78, 5) is 14.6. The molecule has 156 valence electrons. The van der Waals surface area contributed by atoms with Gasteiger partial charge in [-0.3, -0.25) is 10.1 Å². The van der Waals surface area contributed by atoms with Gasteiger partial charge in [0, 0.05) is 25.4 Å². The van der Waals surface area contributed by atoms with Gasteiger partial charge in [-0.15, -0.1) is 0 Å². The van der Waals surface area contributed by atoms with Gasteiger partial charge in [-0.2, -0.15) is 5.10 Å². The highest BCUT2D eigenvalue weighted by atomic mass is 16.2. The maximum Gasteiger partial charge on any atom is 0.236 e. The third kappa shape index (κ3) is 5.27. The summed E-state index contributed by atoms with van der Waals surface area (Å²) in [7, 11) is 1.82. The quantitative estimate of drug-likeness (QED) is 0.473. The molecule has 1 N–H and O–H groups in total. The average molecular weight is 411 g/mol. The van der Waals surface area contributed by atoms with Crippen LogP contribution in [-0.2, 0) is 11.3 Å². The topological polar surface area (TPSA) is 50.2 Å². The number of rotatable bonds is 8. The summed E-state index contributed by atoms with van der Waals surface area (Å²) < 4.78 is 1.83. The Hall–Kier alpha value is -3.70. The lowest BCUT2D eigenvalue weighted by Crippen LogP contribution is -2.37. The van der Waals surface area contributed by atoms with Crippen LogP contribution in [-0.4, -0.2) is 34.2 Å². The number of hydrogen-bond acceptors (Lipinski definition) is 3. The Balaban J connectivity index is 1.39. The Kier molecular flexibility index (Phi) is 6.55. The lowest BCUT2D eigenvalue weighted by molar-refractivity contribution is -0.129. The van der Waals surface area contributed by atoms with Gasteiger partial charge in [0.1, 0.15) is 0 Å². The van der Waals surface area contributed by atoms with Crippen molar-refractivity contribution in [2.75, 3.05) is 13.6 Å². The minimum absolute atomic E-state index is 0.0318. The number of nitrogens with zero attached hydrogens (tertiary/aromatic N) is 3. The first kappa shape index (κ1) is 20.6. The average Bonchev–Trinajstić information content (AvgIpc) is 3.29. The van der Waals surface area contributed by atoms with Crippen molar-refractivity contribution >= 4 is 5.91 Å². The summed E-state index contributed by atoms with van der Waals surface area (Å²) in [5, 5.41) is 7.85. The molecule has 31 heavy (non-hydrogen) atoms. The molecule has 5 heteroatoms. The predicted molar refractivity (Wildman–Crippen MR) is 123 cm³/mol. The van der Waals surface area contributed by atoms with Crippen LogP contribution in [0.25, 0.3) is 5.69 Å². The molecule has 1 heterocycles. The van der Waals surface area contributed by atoms with Crippen LogP contribution in [0, 0.1) is 0 Å². The number of amides is 1. The van der Waals surface area contributed by atoms with Gasteiger partial charge in [-0.25, -0.2) is 4.68 Å². The molecule has 5 nitrogen and oxygen atoms in total.